The van der Waals surface area contributed by atoms with E-state index in [0.717, 1.165) is 0 Å². The molecule has 8 nitrogen and oxygen atoms in total. The Kier molecular flexibility index (Phi) is 7.18. The van der Waals surface area contributed by atoms with Gasteiger partial charge in [0.2, 0.25) is 10.0 Å². The van der Waals surface area contributed by atoms with Crippen LogP contribution in [0.5, 0.6) is 5.75 Å². The molecular weight excluding hydrogens is 336 g/mol. The number of rotatable bonds is 9. The molecule has 1 aromatic carbocycles. The Morgan fingerprint density at radius 1 is 1.29 bits per heavy atom. The molecule has 1 rings (SSSR count). The molecule has 0 saturated carbocycles. The van der Waals surface area contributed by atoms with Crippen molar-refractivity contribution in [3.8, 4) is 5.75 Å². The lowest BCUT2D eigenvalue weighted by molar-refractivity contribution is -0.137. The maximum atomic E-state index is 12.3. The third-order valence-corrected chi connectivity index (χ3v) is 4.64. The van der Waals surface area contributed by atoms with Crippen LogP contribution in [-0.4, -0.2) is 45.1 Å². The number of carbonyl (C=O) groups is 2. The van der Waals surface area contributed by atoms with Gasteiger partial charge in [0.1, 0.15) is 10.6 Å². The van der Waals surface area contributed by atoms with E-state index in [4.69, 9.17) is 9.84 Å². The quantitative estimate of drug-likeness (QED) is 0.566. The predicted octanol–water partition coefficient (Wildman–Crippen LogP) is 0.976. The second kappa shape index (κ2) is 8.65. The van der Waals surface area contributed by atoms with Gasteiger partial charge in [0.05, 0.1) is 7.11 Å². The average molecular weight is 358 g/mol. The van der Waals surface area contributed by atoms with Crippen molar-refractivity contribution in [1.29, 1.82) is 0 Å². The Labute approximate surface area is 141 Å². The minimum atomic E-state index is -3.83. The van der Waals surface area contributed by atoms with Crippen LogP contribution in [0.15, 0.2) is 23.1 Å². The molecule has 0 aliphatic carbocycles. The minimum Gasteiger partial charge on any atom is -0.495 e. The molecule has 1 amide bonds. The molecule has 0 spiro atoms. The number of methoxy groups -OCH3 is 1. The first-order valence-corrected chi connectivity index (χ1v) is 8.86. The number of carbonyl (C=O) groups excluding carboxylic acids is 1. The van der Waals surface area contributed by atoms with Crippen LogP contribution in [0.2, 0.25) is 0 Å². The first kappa shape index (κ1) is 19.9. The molecule has 0 aromatic heterocycles. The number of hydrogen-bond donors (Lipinski definition) is 3. The van der Waals surface area contributed by atoms with Gasteiger partial charge in [-0.25, -0.2) is 13.1 Å². The number of aliphatic carboxylic acids is 1. The zero-order valence-electron chi connectivity index (χ0n) is 13.8. The van der Waals surface area contributed by atoms with Crippen LogP contribution >= 0.6 is 0 Å². The number of benzene rings is 1. The summed E-state index contributed by atoms with van der Waals surface area (Å²) in [6.45, 7) is 3.55. The van der Waals surface area contributed by atoms with Crippen molar-refractivity contribution in [3.63, 3.8) is 0 Å². The van der Waals surface area contributed by atoms with Gasteiger partial charge in [-0.15, -0.1) is 0 Å². The van der Waals surface area contributed by atoms with Gasteiger partial charge in [0.25, 0.3) is 5.91 Å². The molecule has 0 radical (unpaired) electrons. The Morgan fingerprint density at radius 2 is 1.96 bits per heavy atom. The molecule has 0 heterocycles. The van der Waals surface area contributed by atoms with E-state index >= 15 is 0 Å². The van der Waals surface area contributed by atoms with E-state index in [1.54, 1.807) is 13.8 Å². The maximum absolute atomic E-state index is 12.3. The third kappa shape index (κ3) is 5.82. The molecule has 0 unspecified atom stereocenters. The minimum absolute atomic E-state index is 0.0547. The number of sulfonamides is 1. The largest absolute Gasteiger partial charge is 0.495 e. The Balaban J connectivity index is 2.97. The topological polar surface area (TPSA) is 122 Å². The van der Waals surface area contributed by atoms with Crippen LogP contribution < -0.4 is 14.8 Å². The Hall–Kier alpha value is -2.13. The van der Waals surface area contributed by atoms with Gasteiger partial charge in [-0.1, -0.05) is 0 Å². The van der Waals surface area contributed by atoms with E-state index in [2.05, 4.69) is 10.0 Å². The van der Waals surface area contributed by atoms with E-state index in [9.17, 15) is 18.0 Å². The number of ether oxygens (including phenoxy) is 1. The second-order valence-electron chi connectivity index (χ2n) is 5.39. The van der Waals surface area contributed by atoms with Crippen molar-refractivity contribution < 1.29 is 27.9 Å². The highest BCUT2D eigenvalue weighted by Gasteiger charge is 2.22. The van der Waals surface area contributed by atoms with Crippen molar-refractivity contribution in [3.05, 3.63) is 23.8 Å². The molecule has 1 aromatic rings. The average Bonchev–Trinajstić information content (AvgIpc) is 2.49. The predicted molar refractivity (Wildman–Crippen MR) is 87.7 cm³/mol. The first-order chi connectivity index (χ1) is 11.2. The molecule has 0 aliphatic rings. The highest BCUT2D eigenvalue weighted by molar-refractivity contribution is 7.89. The van der Waals surface area contributed by atoms with Crippen LogP contribution in [-0.2, 0) is 14.8 Å². The monoisotopic (exact) mass is 358 g/mol. The number of carboxylic acids is 1. The third-order valence-electron chi connectivity index (χ3n) is 2.96. The number of nitrogens with one attached hydrogen (secondary N) is 2. The summed E-state index contributed by atoms with van der Waals surface area (Å²) < 4.78 is 32.2. The molecular formula is C15H22N2O6S. The number of hydrogen-bond acceptors (Lipinski definition) is 5. The van der Waals surface area contributed by atoms with Crippen LogP contribution in [0.3, 0.4) is 0 Å². The Morgan fingerprint density at radius 3 is 2.50 bits per heavy atom. The highest BCUT2D eigenvalue weighted by Crippen LogP contribution is 2.25. The van der Waals surface area contributed by atoms with Gasteiger partial charge in [-0.2, -0.15) is 0 Å². The normalized spacial score (nSPS) is 11.3. The molecule has 0 atom stereocenters. The van der Waals surface area contributed by atoms with Crippen molar-refractivity contribution >= 4 is 21.9 Å². The lowest BCUT2D eigenvalue weighted by Gasteiger charge is -2.14. The van der Waals surface area contributed by atoms with E-state index in [0.29, 0.717) is 0 Å². The molecule has 0 aliphatic heterocycles. The van der Waals surface area contributed by atoms with Gasteiger partial charge >= 0.3 is 5.97 Å². The summed E-state index contributed by atoms with van der Waals surface area (Å²) in [6, 6.07) is 3.77. The summed E-state index contributed by atoms with van der Waals surface area (Å²) in [5, 5.41) is 11.1. The SMILES string of the molecule is COc1ccc(C(=O)NCCCC(=O)O)cc1S(=O)(=O)NC(C)C. The first-order valence-electron chi connectivity index (χ1n) is 7.37. The maximum Gasteiger partial charge on any atom is 0.303 e. The van der Waals surface area contributed by atoms with Crippen molar-refractivity contribution in [2.75, 3.05) is 13.7 Å². The molecule has 0 saturated heterocycles. The molecule has 0 bridgehead atoms. The Bertz CT molecular complexity index is 700. The van der Waals surface area contributed by atoms with Gasteiger partial charge in [-0.05, 0) is 38.5 Å². The fourth-order valence-corrected chi connectivity index (χ4v) is 3.39. The van der Waals surface area contributed by atoms with Crippen molar-refractivity contribution in [2.45, 2.75) is 37.6 Å². The summed E-state index contributed by atoms with van der Waals surface area (Å²) in [5.41, 5.74) is 0.148. The number of amides is 1. The number of carboxylic acid groups (broad SMARTS) is 1. The lowest BCUT2D eigenvalue weighted by atomic mass is 10.2. The van der Waals surface area contributed by atoms with Crippen molar-refractivity contribution in [2.24, 2.45) is 0 Å². The van der Waals surface area contributed by atoms with E-state index in [-0.39, 0.29) is 41.6 Å². The summed E-state index contributed by atoms with van der Waals surface area (Å²) in [5.74, 6) is -1.29. The fourth-order valence-electron chi connectivity index (χ4n) is 1.95. The van der Waals surface area contributed by atoms with Gasteiger partial charge < -0.3 is 15.2 Å². The van der Waals surface area contributed by atoms with Gasteiger partial charge in [0, 0.05) is 24.6 Å². The van der Waals surface area contributed by atoms with Crippen LogP contribution in [0.25, 0.3) is 0 Å². The molecule has 0 fully saturated rings. The van der Waals surface area contributed by atoms with E-state index < -0.39 is 21.9 Å². The summed E-state index contributed by atoms with van der Waals surface area (Å²) in [4.78, 5) is 22.4. The van der Waals surface area contributed by atoms with Crippen LogP contribution in [0, 0.1) is 0 Å². The van der Waals surface area contributed by atoms with Crippen LogP contribution in [0.4, 0.5) is 0 Å². The summed E-state index contributed by atoms with van der Waals surface area (Å²) >= 11 is 0. The van der Waals surface area contributed by atoms with Gasteiger partial charge in [-0.3, -0.25) is 9.59 Å². The zero-order chi connectivity index (χ0) is 18.3. The second-order valence-corrected chi connectivity index (χ2v) is 7.08. The highest BCUT2D eigenvalue weighted by atomic mass is 32.2. The molecule has 24 heavy (non-hydrogen) atoms. The smallest absolute Gasteiger partial charge is 0.303 e. The molecule has 3 N–H and O–H groups in total. The van der Waals surface area contributed by atoms with Gasteiger partial charge in [0.15, 0.2) is 0 Å². The lowest BCUT2D eigenvalue weighted by Crippen LogP contribution is -2.31. The van der Waals surface area contributed by atoms with E-state index in [1.807, 2.05) is 0 Å². The van der Waals surface area contributed by atoms with E-state index in [1.165, 1.54) is 25.3 Å². The molecule has 134 valence electrons. The summed E-state index contributed by atoms with van der Waals surface area (Å²) in [6.07, 6.45) is 0.234. The summed E-state index contributed by atoms with van der Waals surface area (Å²) in [7, 11) is -2.48. The zero-order valence-corrected chi connectivity index (χ0v) is 14.6. The van der Waals surface area contributed by atoms with Crippen molar-refractivity contribution in [1.82, 2.24) is 10.0 Å². The van der Waals surface area contributed by atoms with Crippen LogP contribution in [0.1, 0.15) is 37.0 Å². The standard InChI is InChI=1S/C15H22N2O6S/c1-10(2)17-24(21,22)13-9-11(6-7-12(13)23-3)15(20)16-8-4-5-14(18)19/h6-7,9-10,17H,4-5,8H2,1-3H3,(H,16,20)(H,18,19). The molecule has 9 heteroatoms. The fraction of sp³-hybridized carbons (Fsp3) is 0.467.